The maximum Gasteiger partial charge on any atom is 0.248 e. The predicted octanol–water partition coefficient (Wildman–Crippen LogP) is 0.187. The molecule has 1 aromatic carbocycles. The van der Waals surface area contributed by atoms with Crippen LogP contribution in [0.1, 0.15) is 22.8 Å². The molecule has 0 aliphatic heterocycles. The van der Waals surface area contributed by atoms with Gasteiger partial charge in [0.1, 0.15) is 5.82 Å². The van der Waals surface area contributed by atoms with E-state index in [0.717, 1.165) is 6.07 Å². The zero-order chi connectivity index (χ0) is 13.9. The van der Waals surface area contributed by atoms with E-state index in [-0.39, 0.29) is 16.9 Å². The number of carbonyl (C=O) groups excluding carboxylic acids is 1. The van der Waals surface area contributed by atoms with Crippen LogP contribution in [0.15, 0.2) is 18.2 Å². The summed E-state index contributed by atoms with van der Waals surface area (Å²) in [6.07, 6.45) is 0. The fraction of sp³-hybridized carbons (Fsp3) is 0.364. The normalized spacial score (nSPS) is 13.3. The highest BCUT2D eigenvalue weighted by molar-refractivity contribution is 7.90. The van der Waals surface area contributed by atoms with Crippen LogP contribution >= 0.6 is 0 Å². The Morgan fingerprint density at radius 1 is 1.44 bits per heavy atom. The molecule has 0 heterocycles. The number of hydrogen-bond donors (Lipinski definition) is 2. The first-order valence-electron chi connectivity index (χ1n) is 5.25. The van der Waals surface area contributed by atoms with E-state index in [1.807, 2.05) is 0 Å². The molecule has 1 unspecified atom stereocenters. The standard InChI is InChI=1S/C11H15FN2O3S/c1-7(13)5-18(16,17)6-9-3-2-8(11(14)15)4-10(9)12/h2-4,7H,5-6,13H2,1H3,(H2,14,15). The minimum absolute atomic E-state index is 0.000602. The molecule has 18 heavy (non-hydrogen) atoms. The first kappa shape index (κ1) is 14.6. The van der Waals surface area contributed by atoms with Crippen molar-refractivity contribution in [2.75, 3.05) is 5.75 Å². The monoisotopic (exact) mass is 274 g/mol. The number of halogens is 1. The van der Waals surface area contributed by atoms with Crippen molar-refractivity contribution in [3.05, 3.63) is 35.1 Å². The van der Waals surface area contributed by atoms with E-state index in [0.29, 0.717) is 0 Å². The van der Waals surface area contributed by atoms with Crippen molar-refractivity contribution in [2.24, 2.45) is 11.5 Å². The number of sulfone groups is 1. The average Bonchev–Trinajstić information content (AvgIpc) is 2.18. The van der Waals surface area contributed by atoms with Gasteiger partial charge in [-0.3, -0.25) is 4.79 Å². The Bertz CT molecular complexity index is 555. The predicted molar refractivity (Wildman–Crippen MR) is 66.1 cm³/mol. The molecule has 4 N–H and O–H groups in total. The number of benzene rings is 1. The summed E-state index contributed by atoms with van der Waals surface area (Å²) in [5.41, 5.74) is 10.4. The lowest BCUT2D eigenvalue weighted by Crippen LogP contribution is -2.27. The minimum atomic E-state index is -3.47. The molecular formula is C11H15FN2O3S. The van der Waals surface area contributed by atoms with E-state index in [2.05, 4.69) is 0 Å². The third-order valence-electron chi connectivity index (χ3n) is 2.23. The van der Waals surface area contributed by atoms with Crippen molar-refractivity contribution in [1.82, 2.24) is 0 Å². The Balaban J connectivity index is 2.96. The number of amides is 1. The van der Waals surface area contributed by atoms with Gasteiger partial charge in [-0.15, -0.1) is 0 Å². The molecule has 5 nitrogen and oxygen atoms in total. The van der Waals surface area contributed by atoms with Gasteiger partial charge in [0, 0.05) is 17.2 Å². The maximum absolute atomic E-state index is 13.6. The van der Waals surface area contributed by atoms with Gasteiger partial charge in [0.05, 0.1) is 11.5 Å². The molecule has 0 aliphatic rings. The molecule has 0 aromatic heterocycles. The summed E-state index contributed by atoms with van der Waals surface area (Å²) in [6, 6.07) is 2.96. The SMILES string of the molecule is CC(N)CS(=O)(=O)Cc1ccc(C(N)=O)cc1F. The largest absolute Gasteiger partial charge is 0.366 e. The van der Waals surface area contributed by atoms with Gasteiger partial charge in [-0.2, -0.15) is 0 Å². The van der Waals surface area contributed by atoms with Gasteiger partial charge in [0.25, 0.3) is 0 Å². The third kappa shape index (κ3) is 4.08. The molecule has 0 saturated heterocycles. The topological polar surface area (TPSA) is 103 Å². The molecule has 0 fully saturated rings. The van der Waals surface area contributed by atoms with Gasteiger partial charge < -0.3 is 11.5 Å². The van der Waals surface area contributed by atoms with Gasteiger partial charge in [0.2, 0.25) is 5.91 Å². The van der Waals surface area contributed by atoms with Gasteiger partial charge in [-0.25, -0.2) is 12.8 Å². The maximum atomic E-state index is 13.6. The van der Waals surface area contributed by atoms with Gasteiger partial charge in [-0.1, -0.05) is 6.07 Å². The molecule has 1 aromatic rings. The molecule has 0 bridgehead atoms. The summed E-state index contributed by atoms with van der Waals surface area (Å²) in [5, 5.41) is 0. The Hall–Kier alpha value is -1.47. The summed E-state index contributed by atoms with van der Waals surface area (Å²) < 4.78 is 36.9. The molecule has 0 saturated carbocycles. The minimum Gasteiger partial charge on any atom is -0.366 e. The van der Waals surface area contributed by atoms with Crippen LogP contribution in [0, 0.1) is 5.82 Å². The van der Waals surface area contributed by atoms with Crippen LogP contribution in [-0.4, -0.2) is 26.1 Å². The Labute approximate surface area is 105 Å². The molecule has 7 heteroatoms. The van der Waals surface area contributed by atoms with E-state index in [1.165, 1.54) is 12.1 Å². The molecular weight excluding hydrogens is 259 g/mol. The van der Waals surface area contributed by atoms with Crippen LogP contribution in [0.4, 0.5) is 4.39 Å². The zero-order valence-electron chi connectivity index (χ0n) is 9.89. The van der Waals surface area contributed by atoms with Crippen LogP contribution in [0.3, 0.4) is 0 Å². The molecule has 0 radical (unpaired) electrons. The number of rotatable bonds is 5. The fourth-order valence-electron chi connectivity index (χ4n) is 1.51. The fourth-order valence-corrected chi connectivity index (χ4v) is 3.14. The van der Waals surface area contributed by atoms with Crippen molar-refractivity contribution in [2.45, 2.75) is 18.7 Å². The quantitative estimate of drug-likeness (QED) is 0.799. The molecule has 0 spiro atoms. The Morgan fingerprint density at radius 2 is 2.06 bits per heavy atom. The lowest BCUT2D eigenvalue weighted by molar-refractivity contribution is 0.1000. The van der Waals surface area contributed by atoms with Crippen molar-refractivity contribution in [3.63, 3.8) is 0 Å². The van der Waals surface area contributed by atoms with Gasteiger partial charge in [-0.05, 0) is 19.1 Å². The highest BCUT2D eigenvalue weighted by atomic mass is 32.2. The highest BCUT2D eigenvalue weighted by Crippen LogP contribution is 2.14. The highest BCUT2D eigenvalue weighted by Gasteiger charge is 2.17. The van der Waals surface area contributed by atoms with E-state index in [9.17, 15) is 17.6 Å². The van der Waals surface area contributed by atoms with Crippen LogP contribution in [0.2, 0.25) is 0 Å². The van der Waals surface area contributed by atoms with Crippen molar-refractivity contribution in [3.8, 4) is 0 Å². The van der Waals surface area contributed by atoms with Crippen LogP contribution in [0.25, 0.3) is 0 Å². The van der Waals surface area contributed by atoms with Gasteiger partial charge in [0.15, 0.2) is 9.84 Å². The van der Waals surface area contributed by atoms with Crippen LogP contribution < -0.4 is 11.5 Å². The zero-order valence-corrected chi connectivity index (χ0v) is 10.7. The van der Waals surface area contributed by atoms with E-state index < -0.39 is 33.4 Å². The molecule has 1 amide bonds. The second-order valence-electron chi connectivity index (χ2n) is 4.20. The summed E-state index contributed by atoms with van der Waals surface area (Å²) in [5.74, 6) is -2.19. The van der Waals surface area contributed by atoms with Crippen molar-refractivity contribution < 1.29 is 17.6 Å². The number of carbonyl (C=O) groups is 1. The summed E-state index contributed by atoms with van der Waals surface area (Å²) in [4.78, 5) is 10.8. The second-order valence-corrected chi connectivity index (χ2v) is 6.31. The molecule has 0 aliphatic carbocycles. The lowest BCUT2D eigenvalue weighted by atomic mass is 10.1. The first-order valence-corrected chi connectivity index (χ1v) is 7.07. The molecule has 1 atom stereocenters. The number of primary amides is 1. The molecule has 100 valence electrons. The van der Waals surface area contributed by atoms with Crippen molar-refractivity contribution in [1.29, 1.82) is 0 Å². The first-order chi connectivity index (χ1) is 8.21. The van der Waals surface area contributed by atoms with Crippen LogP contribution in [0.5, 0.6) is 0 Å². The van der Waals surface area contributed by atoms with Crippen molar-refractivity contribution >= 4 is 15.7 Å². The average molecular weight is 274 g/mol. The van der Waals surface area contributed by atoms with E-state index in [4.69, 9.17) is 11.5 Å². The van der Waals surface area contributed by atoms with Crippen LogP contribution in [-0.2, 0) is 15.6 Å². The Morgan fingerprint density at radius 3 is 2.50 bits per heavy atom. The Kier molecular flexibility index (Phi) is 4.42. The third-order valence-corrected chi connectivity index (χ3v) is 4.01. The molecule has 1 rings (SSSR count). The number of hydrogen-bond acceptors (Lipinski definition) is 4. The summed E-state index contributed by atoms with van der Waals surface area (Å²) >= 11 is 0. The lowest BCUT2D eigenvalue weighted by Gasteiger charge is -2.08. The number of nitrogens with two attached hydrogens (primary N) is 2. The summed E-state index contributed by atoms with van der Waals surface area (Å²) in [7, 11) is -3.47. The smallest absolute Gasteiger partial charge is 0.248 e. The van der Waals surface area contributed by atoms with E-state index in [1.54, 1.807) is 6.92 Å². The van der Waals surface area contributed by atoms with Gasteiger partial charge >= 0.3 is 0 Å². The summed E-state index contributed by atoms with van der Waals surface area (Å²) in [6.45, 7) is 1.56. The van der Waals surface area contributed by atoms with E-state index >= 15 is 0 Å². The second kappa shape index (κ2) is 5.45.